The largest absolute Gasteiger partial charge is 0.505 e. The molecule has 13 heavy (non-hydrogen) atoms. The standard InChI is InChI=1S/C10H11FO2/c11-8-3-1-2-7(9(8)13)10(6-12)4-5-10/h1-3,12-13H,4-6H2. The Kier molecular flexibility index (Phi) is 1.77. The van der Waals surface area contributed by atoms with Gasteiger partial charge in [-0.1, -0.05) is 12.1 Å². The van der Waals surface area contributed by atoms with Crippen molar-refractivity contribution in [2.45, 2.75) is 18.3 Å². The van der Waals surface area contributed by atoms with Gasteiger partial charge in [-0.2, -0.15) is 0 Å². The molecule has 0 bridgehead atoms. The van der Waals surface area contributed by atoms with Gasteiger partial charge in [0, 0.05) is 11.0 Å². The molecule has 2 N–H and O–H groups in total. The third kappa shape index (κ3) is 1.20. The Labute approximate surface area is 75.6 Å². The fraction of sp³-hybridized carbons (Fsp3) is 0.400. The molecule has 3 heteroatoms. The Morgan fingerprint density at radius 1 is 1.38 bits per heavy atom. The summed E-state index contributed by atoms with van der Waals surface area (Å²) >= 11 is 0. The molecule has 0 saturated heterocycles. The summed E-state index contributed by atoms with van der Waals surface area (Å²) in [5.74, 6) is -0.925. The summed E-state index contributed by atoms with van der Waals surface area (Å²) in [6.45, 7) is -0.0238. The highest BCUT2D eigenvalue weighted by atomic mass is 19.1. The molecule has 1 fully saturated rings. The van der Waals surface area contributed by atoms with Gasteiger partial charge in [-0.15, -0.1) is 0 Å². The number of hydrogen-bond donors (Lipinski definition) is 2. The molecule has 0 spiro atoms. The third-order valence-corrected chi connectivity index (χ3v) is 2.71. The van der Waals surface area contributed by atoms with Crippen LogP contribution in [0.4, 0.5) is 4.39 Å². The van der Waals surface area contributed by atoms with Crippen molar-refractivity contribution in [2.75, 3.05) is 6.61 Å². The van der Waals surface area contributed by atoms with Gasteiger partial charge >= 0.3 is 0 Å². The van der Waals surface area contributed by atoms with E-state index in [1.54, 1.807) is 12.1 Å². The smallest absolute Gasteiger partial charge is 0.165 e. The zero-order chi connectivity index (χ0) is 9.47. The Hall–Kier alpha value is -1.09. The second-order valence-corrected chi connectivity index (χ2v) is 3.57. The first-order chi connectivity index (χ1) is 6.19. The number of para-hydroxylation sites is 1. The van der Waals surface area contributed by atoms with Gasteiger partial charge in [-0.25, -0.2) is 4.39 Å². The molecule has 1 aromatic carbocycles. The predicted octanol–water partition coefficient (Wildman–Crippen LogP) is 1.56. The van der Waals surface area contributed by atoms with E-state index in [1.165, 1.54) is 6.07 Å². The van der Waals surface area contributed by atoms with Gasteiger partial charge in [0.1, 0.15) is 0 Å². The summed E-state index contributed by atoms with van der Waals surface area (Å²) in [6, 6.07) is 4.44. The molecule has 70 valence electrons. The Morgan fingerprint density at radius 3 is 2.62 bits per heavy atom. The van der Waals surface area contributed by atoms with Gasteiger partial charge in [0.05, 0.1) is 6.61 Å². The van der Waals surface area contributed by atoms with Crippen LogP contribution in [0.5, 0.6) is 5.75 Å². The molecule has 1 aliphatic rings. The van der Waals surface area contributed by atoms with Gasteiger partial charge in [0.25, 0.3) is 0 Å². The van der Waals surface area contributed by atoms with E-state index < -0.39 is 5.82 Å². The number of halogens is 1. The lowest BCUT2D eigenvalue weighted by molar-refractivity contribution is 0.251. The minimum atomic E-state index is -0.614. The van der Waals surface area contributed by atoms with E-state index in [0.717, 1.165) is 12.8 Å². The molecule has 2 rings (SSSR count). The first-order valence-corrected chi connectivity index (χ1v) is 4.28. The lowest BCUT2D eigenvalue weighted by Crippen LogP contribution is -2.12. The molecule has 0 atom stereocenters. The SMILES string of the molecule is OCC1(c2cccc(F)c2O)CC1. The lowest BCUT2D eigenvalue weighted by Gasteiger charge is -2.13. The van der Waals surface area contributed by atoms with Crippen molar-refractivity contribution in [3.05, 3.63) is 29.6 Å². The maximum absolute atomic E-state index is 12.9. The van der Waals surface area contributed by atoms with Gasteiger partial charge in [-0.05, 0) is 18.9 Å². The minimum Gasteiger partial charge on any atom is -0.505 e. The van der Waals surface area contributed by atoms with Crippen molar-refractivity contribution in [2.24, 2.45) is 0 Å². The van der Waals surface area contributed by atoms with E-state index >= 15 is 0 Å². The van der Waals surface area contributed by atoms with Gasteiger partial charge < -0.3 is 10.2 Å². The number of aromatic hydroxyl groups is 1. The van der Waals surface area contributed by atoms with E-state index in [2.05, 4.69) is 0 Å². The van der Waals surface area contributed by atoms with E-state index in [9.17, 15) is 9.50 Å². The maximum atomic E-state index is 12.9. The van der Waals surface area contributed by atoms with E-state index in [-0.39, 0.29) is 17.8 Å². The Bertz CT molecular complexity index is 332. The normalized spacial score (nSPS) is 18.6. The minimum absolute atomic E-state index is 0.0238. The van der Waals surface area contributed by atoms with E-state index in [1.807, 2.05) is 0 Å². The van der Waals surface area contributed by atoms with Crippen LogP contribution < -0.4 is 0 Å². The van der Waals surface area contributed by atoms with Crippen LogP contribution in [0.2, 0.25) is 0 Å². The predicted molar refractivity (Wildman–Crippen MR) is 46.1 cm³/mol. The summed E-state index contributed by atoms with van der Waals surface area (Å²) < 4.78 is 12.9. The monoisotopic (exact) mass is 182 g/mol. The summed E-state index contributed by atoms with van der Waals surface area (Å²) in [4.78, 5) is 0. The molecule has 2 nitrogen and oxygen atoms in total. The van der Waals surface area contributed by atoms with Crippen molar-refractivity contribution < 1.29 is 14.6 Å². The highest BCUT2D eigenvalue weighted by Gasteiger charge is 2.45. The van der Waals surface area contributed by atoms with Crippen molar-refractivity contribution in [3.8, 4) is 5.75 Å². The summed E-state index contributed by atoms with van der Waals surface area (Å²) in [6.07, 6.45) is 1.64. The molecule has 0 aliphatic heterocycles. The molecular formula is C10H11FO2. The van der Waals surface area contributed by atoms with Crippen molar-refractivity contribution in [1.29, 1.82) is 0 Å². The zero-order valence-corrected chi connectivity index (χ0v) is 7.13. The second kappa shape index (κ2) is 2.70. The van der Waals surface area contributed by atoms with Crippen LogP contribution in [0.15, 0.2) is 18.2 Å². The van der Waals surface area contributed by atoms with Gasteiger partial charge in [0.15, 0.2) is 11.6 Å². The maximum Gasteiger partial charge on any atom is 0.165 e. The fourth-order valence-corrected chi connectivity index (χ4v) is 1.61. The average Bonchev–Trinajstić information content (AvgIpc) is 2.90. The van der Waals surface area contributed by atoms with Gasteiger partial charge in [-0.3, -0.25) is 0 Å². The molecule has 0 radical (unpaired) electrons. The van der Waals surface area contributed by atoms with Crippen LogP contribution in [0.3, 0.4) is 0 Å². The lowest BCUT2D eigenvalue weighted by atomic mass is 9.96. The number of aliphatic hydroxyl groups excluding tert-OH is 1. The molecule has 1 saturated carbocycles. The number of benzene rings is 1. The topological polar surface area (TPSA) is 40.5 Å². The van der Waals surface area contributed by atoms with E-state index in [0.29, 0.717) is 5.56 Å². The summed E-state index contributed by atoms with van der Waals surface area (Å²) in [5.41, 5.74) is 0.168. The van der Waals surface area contributed by atoms with Crippen molar-refractivity contribution in [1.82, 2.24) is 0 Å². The Balaban J connectivity index is 2.46. The summed E-state index contributed by atoms with van der Waals surface area (Å²) in [5, 5.41) is 18.5. The third-order valence-electron chi connectivity index (χ3n) is 2.71. The highest BCUT2D eigenvalue weighted by molar-refractivity contribution is 5.43. The first-order valence-electron chi connectivity index (χ1n) is 4.28. The number of phenols is 1. The average molecular weight is 182 g/mol. The first kappa shape index (κ1) is 8.51. The highest BCUT2D eigenvalue weighted by Crippen LogP contribution is 2.50. The van der Waals surface area contributed by atoms with E-state index in [4.69, 9.17) is 5.11 Å². The molecular weight excluding hydrogens is 171 g/mol. The number of phenolic OH excluding ortho intramolecular Hbond substituents is 1. The molecule has 1 aromatic rings. The molecule has 0 aromatic heterocycles. The van der Waals surface area contributed by atoms with Crippen LogP contribution in [0, 0.1) is 5.82 Å². The van der Waals surface area contributed by atoms with Crippen LogP contribution in [-0.2, 0) is 5.41 Å². The number of aliphatic hydroxyl groups is 1. The van der Waals surface area contributed by atoms with Gasteiger partial charge in [0.2, 0.25) is 0 Å². The zero-order valence-electron chi connectivity index (χ0n) is 7.13. The van der Waals surface area contributed by atoms with Crippen molar-refractivity contribution >= 4 is 0 Å². The van der Waals surface area contributed by atoms with Crippen molar-refractivity contribution in [3.63, 3.8) is 0 Å². The number of rotatable bonds is 2. The second-order valence-electron chi connectivity index (χ2n) is 3.57. The quantitative estimate of drug-likeness (QED) is 0.728. The Morgan fingerprint density at radius 2 is 2.08 bits per heavy atom. The number of hydrogen-bond acceptors (Lipinski definition) is 2. The van der Waals surface area contributed by atoms with Crippen LogP contribution in [0.1, 0.15) is 18.4 Å². The molecule has 1 aliphatic carbocycles. The molecule has 0 heterocycles. The molecule has 0 unspecified atom stereocenters. The fourth-order valence-electron chi connectivity index (χ4n) is 1.61. The van der Waals surface area contributed by atoms with Crippen LogP contribution in [0.25, 0.3) is 0 Å². The summed E-state index contributed by atoms with van der Waals surface area (Å²) in [7, 11) is 0. The molecule has 0 amide bonds. The van der Waals surface area contributed by atoms with Crippen LogP contribution in [-0.4, -0.2) is 16.8 Å². The van der Waals surface area contributed by atoms with Crippen LogP contribution >= 0.6 is 0 Å².